The van der Waals surface area contributed by atoms with Gasteiger partial charge in [0.1, 0.15) is 0 Å². The SMILES string of the molecule is C/C=C\C(=C/C)N1C2CC=C(c3ccc4c(c3)c3ccccc3n4-c3ccccc3)C=C2C2C=C(C(/C=C(\NN)c3ccccc3)C3=CCCC(C#N)=C3)C=CC21.CC. The third-order valence-electron chi connectivity index (χ3n) is 12.1. The zero-order valence-corrected chi connectivity index (χ0v) is 34.5. The van der Waals surface area contributed by atoms with E-state index in [1.54, 1.807) is 0 Å². The van der Waals surface area contributed by atoms with Gasteiger partial charge in [-0.05, 0) is 115 Å². The number of nitrogens with two attached hydrogens (primary N) is 1. The first kappa shape index (κ1) is 39.2. The molecule has 4 aromatic carbocycles. The Morgan fingerprint density at radius 2 is 1.61 bits per heavy atom. The maximum absolute atomic E-state index is 9.94. The van der Waals surface area contributed by atoms with E-state index in [1.807, 2.05) is 32.0 Å². The lowest BCUT2D eigenvalue weighted by atomic mass is 9.77. The number of rotatable bonds is 9. The molecule has 1 saturated heterocycles. The standard InChI is InChI=1S/C52H47N5.C2H6/c1-3-14-41(4-2)56-51-27-24-38(37-23-26-50-45(30-37)43-21-11-12-22-49(43)57(50)42-19-9-6-10-20-42)31-46(51)47-32-40(25-28-52(47)56)44(39-18-13-15-35(29-39)34-53)33-48(55-54)36-16-7-5-8-17-36;1-2/h3-12,14,16-26,28-33,44,47,51-52,55H,13,15,27,54H2,1-2H3;1-2H3/b14-3-,41-4+,48-33-;. The Bertz CT molecular complexity index is 2690. The Labute approximate surface area is 349 Å². The monoisotopic (exact) mass is 771 g/mol. The number of allylic oxidation sites excluding steroid dienone is 12. The number of hydrogen-bond acceptors (Lipinski definition) is 4. The van der Waals surface area contributed by atoms with Crippen molar-refractivity contribution < 1.29 is 0 Å². The van der Waals surface area contributed by atoms with Crippen molar-refractivity contribution in [3.05, 3.63) is 209 Å². The summed E-state index contributed by atoms with van der Waals surface area (Å²) >= 11 is 0. The summed E-state index contributed by atoms with van der Waals surface area (Å²) in [7, 11) is 0. The zero-order valence-electron chi connectivity index (χ0n) is 34.5. The molecule has 4 aliphatic rings. The van der Waals surface area contributed by atoms with E-state index < -0.39 is 0 Å². The predicted molar refractivity (Wildman–Crippen MR) is 248 cm³/mol. The molecule has 1 fully saturated rings. The van der Waals surface area contributed by atoms with E-state index >= 15 is 0 Å². The fourth-order valence-electron chi connectivity index (χ4n) is 9.46. The molecular formula is C54H53N5. The fourth-order valence-corrected chi connectivity index (χ4v) is 9.46. The van der Waals surface area contributed by atoms with Crippen LogP contribution in [0.5, 0.6) is 0 Å². The molecule has 5 heteroatoms. The summed E-state index contributed by atoms with van der Waals surface area (Å²) in [6.45, 7) is 8.24. The Balaban J connectivity index is 0.00000238. The number of nitrogens with one attached hydrogen (secondary N) is 1. The number of hydrogen-bond donors (Lipinski definition) is 2. The van der Waals surface area contributed by atoms with Crippen molar-refractivity contribution in [2.45, 2.75) is 59.0 Å². The molecule has 3 N–H and O–H groups in total. The molecule has 0 amide bonds. The number of likely N-dealkylation sites (tertiary alicyclic amines) is 1. The molecule has 4 atom stereocenters. The van der Waals surface area contributed by atoms with Crippen molar-refractivity contribution in [1.82, 2.24) is 14.9 Å². The summed E-state index contributed by atoms with van der Waals surface area (Å²) in [5, 5.41) is 12.5. The van der Waals surface area contributed by atoms with Crippen LogP contribution in [0, 0.1) is 23.2 Å². The van der Waals surface area contributed by atoms with Gasteiger partial charge in [0.05, 0.1) is 34.9 Å². The summed E-state index contributed by atoms with van der Waals surface area (Å²) in [5.74, 6) is 6.29. The average Bonchev–Trinajstić information content (AvgIpc) is 3.81. The summed E-state index contributed by atoms with van der Waals surface area (Å²) in [6.07, 6.45) is 27.9. The highest BCUT2D eigenvalue weighted by Crippen LogP contribution is 2.48. The van der Waals surface area contributed by atoms with Crippen molar-refractivity contribution >= 4 is 33.1 Å². The van der Waals surface area contributed by atoms with E-state index in [1.165, 1.54) is 55.5 Å². The highest BCUT2D eigenvalue weighted by Gasteiger charge is 2.45. The number of benzene rings is 4. The molecule has 0 saturated carbocycles. The van der Waals surface area contributed by atoms with E-state index in [4.69, 9.17) is 5.84 Å². The first-order valence-electron chi connectivity index (χ1n) is 21.1. The second-order valence-electron chi connectivity index (χ2n) is 15.2. The maximum Gasteiger partial charge on any atom is 0.0947 e. The van der Waals surface area contributed by atoms with Crippen LogP contribution in [0.25, 0.3) is 38.8 Å². The summed E-state index contributed by atoms with van der Waals surface area (Å²) in [6, 6.07) is 39.5. The minimum absolute atomic E-state index is 0.0927. The lowest BCUT2D eigenvalue weighted by Crippen LogP contribution is -2.36. The van der Waals surface area contributed by atoms with Gasteiger partial charge in [0.15, 0.2) is 0 Å². The van der Waals surface area contributed by atoms with E-state index in [0.717, 1.165) is 41.7 Å². The minimum Gasteiger partial charge on any atom is -0.357 e. The predicted octanol–water partition coefficient (Wildman–Crippen LogP) is 12.5. The number of nitriles is 1. The van der Waals surface area contributed by atoms with Crippen molar-refractivity contribution in [3.63, 3.8) is 0 Å². The summed E-state index contributed by atoms with van der Waals surface area (Å²) < 4.78 is 2.38. The summed E-state index contributed by atoms with van der Waals surface area (Å²) in [5.41, 5.74) is 16.8. The largest absolute Gasteiger partial charge is 0.357 e. The van der Waals surface area contributed by atoms with E-state index in [0.29, 0.717) is 0 Å². The van der Waals surface area contributed by atoms with Crippen LogP contribution in [0.3, 0.4) is 0 Å². The normalized spacial score (nSPS) is 20.7. The lowest BCUT2D eigenvalue weighted by Gasteiger charge is -2.34. The van der Waals surface area contributed by atoms with Crippen LogP contribution in [0.4, 0.5) is 0 Å². The van der Waals surface area contributed by atoms with Gasteiger partial charge in [-0.2, -0.15) is 5.26 Å². The van der Waals surface area contributed by atoms with Crippen LogP contribution in [-0.2, 0) is 0 Å². The smallest absolute Gasteiger partial charge is 0.0947 e. The molecule has 5 aromatic rings. The van der Waals surface area contributed by atoms with Gasteiger partial charge in [0, 0.05) is 39.6 Å². The fraction of sp³-hybridized carbons (Fsp3) is 0.204. The van der Waals surface area contributed by atoms with Crippen molar-refractivity contribution in [2.24, 2.45) is 17.7 Å². The van der Waals surface area contributed by atoms with E-state index in [-0.39, 0.29) is 23.9 Å². The second-order valence-corrected chi connectivity index (χ2v) is 15.2. The third-order valence-corrected chi connectivity index (χ3v) is 12.1. The van der Waals surface area contributed by atoms with Crippen LogP contribution in [0.15, 0.2) is 198 Å². The molecule has 0 bridgehead atoms. The van der Waals surface area contributed by atoms with Gasteiger partial charge in [0.2, 0.25) is 0 Å². The molecule has 5 nitrogen and oxygen atoms in total. The second kappa shape index (κ2) is 17.5. The highest BCUT2D eigenvalue weighted by molar-refractivity contribution is 6.10. The molecule has 4 unspecified atom stereocenters. The van der Waals surface area contributed by atoms with Gasteiger partial charge in [-0.1, -0.05) is 135 Å². The molecule has 3 aliphatic carbocycles. The van der Waals surface area contributed by atoms with Gasteiger partial charge in [-0.3, -0.25) is 5.84 Å². The Morgan fingerprint density at radius 1 is 0.864 bits per heavy atom. The molecular weight excluding hydrogens is 719 g/mol. The Morgan fingerprint density at radius 3 is 2.36 bits per heavy atom. The minimum atomic E-state index is -0.0927. The molecule has 2 heterocycles. The molecule has 294 valence electrons. The number of nitrogens with zero attached hydrogens (tertiary/aromatic N) is 3. The molecule has 1 aromatic heterocycles. The first-order chi connectivity index (χ1) is 29.1. The van der Waals surface area contributed by atoms with Crippen molar-refractivity contribution in [2.75, 3.05) is 0 Å². The molecule has 1 aliphatic heterocycles. The van der Waals surface area contributed by atoms with Crippen molar-refractivity contribution in [3.8, 4) is 11.8 Å². The number of hydrazine groups is 1. The Hall–Kier alpha value is -6.61. The van der Waals surface area contributed by atoms with Gasteiger partial charge in [-0.25, -0.2) is 0 Å². The van der Waals surface area contributed by atoms with Gasteiger partial charge >= 0.3 is 0 Å². The molecule has 9 rings (SSSR count). The van der Waals surface area contributed by atoms with Gasteiger partial charge in [0.25, 0.3) is 0 Å². The van der Waals surface area contributed by atoms with E-state index in [9.17, 15) is 5.26 Å². The van der Waals surface area contributed by atoms with Crippen LogP contribution >= 0.6 is 0 Å². The van der Waals surface area contributed by atoms with Crippen LogP contribution < -0.4 is 11.3 Å². The van der Waals surface area contributed by atoms with Crippen LogP contribution in [0.2, 0.25) is 0 Å². The quantitative estimate of drug-likeness (QED) is 0.0889. The van der Waals surface area contributed by atoms with Crippen LogP contribution in [0.1, 0.15) is 58.1 Å². The number of aromatic nitrogens is 1. The average molecular weight is 772 g/mol. The van der Waals surface area contributed by atoms with Gasteiger partial charge in [-0.15, -0.1) is 0 Å². The van der Waals surface area contributed by atoms with Gasteiger partial charge < -0.3 is 14.9 Å². The topological polar surface area (TPSA) is 70.0 Å². The van der Waals surface area contributed by atoms with E-state index in [2.05, 4.69) is 187 Å². The molecule has 0 radical (unpaired) electrons. The highest BCUT2D eigenvalue weighted by atomic mass is 15.2. The first-order valence-corrected chi connectivity index (χ1v) is 21.1. The number of fused-ring (bicyclic) bond motifs is 6. The molecule has 59 heavy (non-hydrogen) atoms. The van der Waals surface area contributed by atoms with Crippen LogP contribution in [-0.4, -0.2) is 21.6 Å². The maximum atomic E-state index is 9.94. The van der Waals surface area contributed by atoms with Crippen molar-refractivity contribution in [1.29, 1.82) is 5.26 Å². The third kappa shape index (κ3) is 7.37. The summed E-state index contributed by atoms with van der Waals surface area (Å²) in [4.78, 5) is 2.62. The molecule has 0 spiro atoms. The number of para-hydroxylation sites is 2. The zero-order chi connectivity index (χ0) is 40.9. The Kier molecular flexibility index (Phi) is 11.6. The lowest BCUT2D eigenvalue weighted by molar-refractivity contribution is 0.290.